The number of sulfonamides is 1. The van der Waals surface area contributed by atoms with Crippen molar-refractivity contribution in [1.82, 2.24) is 15.0 Å². The van der Waals surface area contributed by atoms with Crippen LogP contribution in [0.5, 0.6) is 0 Å². The van der Waals surface area contributed by atoms with Gasteiger partial charge in [-0.3, -0.25) is 4.72 Å². The van der Waals surface area contributed by atoms with Gasteiger partial charge in [0.2, 0.25) is 10.0 Å². The molecule has 0 bridgehead atoms. The summed E-state index contributed by atoms with van der Waals surface area (Å²) < 4.78 is 33.8. The normalized spacial score (nSPS) is 18.3. The summed E-state index contributed by atoms with van der Waals surface area (Å²) in [5, 5.41) is 0.952. The van der Waals surface area contributed by atoms with E-state index < -0.39 is 10.0 Å². The highest BCUT2D eigenvalue weighted by molar-refractivity contribution is 7.91. The SMILES string of the molecule is NC1CCN(c2ccc(CS(=O)(=O)Nc3ccc(-c4cc5c(N6CCOCC6)ncnc5[nH]4)cc3)cc2)C1. The lowest BCUT2D eigenvalue weighted by molar-refractivity contribution is 0.122. The van der Waals surface area contributed by atoms with Crippen LogP contribution in [0.15, 0.2) is 60.9 Å². The number of ether oxygens (including phenoxy) is 1. The largest absolute Gasteiger partial charge is 0.378 e. The maximum Gasteiger partial charge on any atom is 0.236 e. The number of H-pyrrole nitrogens is 1. The molecule has 4 N–H and O–H groups in total. The lowest BCUT2D eigenvalue weighted by atomic mass is 10.1. The van der Waals surface area contributed by atoms with E-state index in [1.54, 1.807) is 18.5 Å². The number of hydrogen-bond acceptors (Lipinski definition) is 8. The zero-order chi connectivity index (χ0) is 26.1. The van der Waals surface area contributed by atoms with Crippen molar-refractivity contribution >= 4 is 38.2 Å². The van der Waals surface area contributed by atoms with Crippen LogP contribution in [0.25, 0.3) is 22.3 Å². The highest BCUT2D eigenvalue weighted by atomic mass is 32.2. The number of nitrogens with one attached hydrogen (secondary N) is 2. The van der Waals surface area contributed by atoms with Gasteiger partial charge in [-0.2, -0.15) is 0 Å². The van der Waals surface area contributed by atoms with Gasteiger partial charge >= 0.3 is 0 Å². The summed E-state index contributed by atoms with van der Waals surface area (Å²) in [7, 11) is -3.57. The van der Waals surface area contributed by atoms with Crippen LogP contribution in [-0.2, 0) is 20.5 Å². The van der Waals surface area contributed by atoms with Crippen LogP contribution >= 0.6 is 0 Å². The monoisotopic (exact) mass is 533 g/mol. The molecule has 2 aliphatic rings. The molecule has 1 unspecified atom stereocenters. The van der Waals surface area contributed by atoms with Gasteiger partial charge in [-0.1, -0.05) is 24.3 Å². The fraction of sp³-hybridized carbons (Fsp3) is 0.333. The van der Waals surface area contributed by atoms with Crippen molar-refractivity contribution < 1.29 is 13.2 Å². The molecule has 2 aromatic heterocycles. The quantitative estimate of drug-likeness (QED) is 0.331. The minimum Gasteiger partial charge on any atom is -0.378 e. The van der Waals surface area contributed by atoms with E-state index in [2.05, 4.69) is 29.5 Å². The number of rotatable bonds is 7. The van der Waals surface area contributed by atoms with Crippen molar-refractivity contribution in [1.29, 1.82) is 0 Å². The molecule has 4 heterocycles. The van der Waals surface area contributed by atoms with E-state index in [1.165, 1.54) is 0 Å². The zero-order valence-electron chi connectivity index (χ0n) is 21.0. The van der Waals surface area contributed by atoms with Crippen molar-refractivity contribution in [3.05, 3.63) is 66.5 Å². The molecule has 11 heteroatoms. The van der Waals surface area contributed by atoms with E-state index in [0.717, 1.165) is 72.0 Å². The molecule has 0 amide bonds. The standard InChI is InChI=1S/C27H31N7O3S/c28-21-9-10-34(16-21)23-7-1-19(2-8-23)17-38(35,36)32-22-5-3-20(4-6-22)25-15-24-26(31-25)29-18-30-27(24)33-11-13-37-14-12-33/h1-8,15,18,21,32H,9-14,16-17,28H2,(H,29,30,31). The molecule has 2 fully saturated rings. The first-order valence-corrected chi connectivity index (χ1v) is 14.5. The third-order valence-electron chi connectivity index (χ3n) is 7.07. The number of nitrogens with two attached hydrogens (primary N) is 1. The molecule has 2 aromatic carbocycles. The van der Waals surface area contributed by atoms with Crippen molar-refractivity contribution in [2.24, 2.45) is 5.73 Å². The van der Waals surface area contributed by atoms with Crippen LogP contribution in [0.4, 0.5) is 17.2 Å². The smallest absolute Gasteiger partial charge is 0.236 e. The Morgan fingerprint density at radius 3 is 2.47 bits per heavy atom. The average Bonchev–Trinajstić information content (AvgIpc) is 3.56. The Morgan fingerprint density at radius 1 is 1.00 bits per heavy atom. The highest BCUT2D eigenvalue weighted by Gasteiger charge is 2.20. The summed E-state index contributed by atoms with van der Waals surface area (Å²) in [6.45, 7) is 4.70. The van der Waals surface area contributed by atoms with Gasteiger partial charge in [0.15, 0.2) is 0 Å². The number of fused-ring (bicyclic) bond motifs is 1. The van der Waals surface area contributed by atoms with Gasteiger partial charge in [0, 0.05) is 49.3 Å². The van der Waals surface area contributed by atoms with E-state index in [9.17, 15) is 8.42 Å². The number of aromatic nitrogens is 3. The van der Waals surface area contributed by atoms with Gasteiger partial charge in [-0.05, 0) is 47.9 Å². The molecule has 38 heavy (non-hydrogen) atoms. The van der Waals surface area contributed by atoms with Gasteiger partial charge in [0.1, 0.15) is 17.8 Å². The van der Waals surface area contributed by atoms with Gasteiger partial charge in [-0.15, -0.1) is 0 Å². The summed E-state index contributed by atoms with van der Waals surface area (Å²) in [6, 6.07) is 17.2. The van der Waals surface area contributed by atoms with E-state index >= 15 is 0 Å². The Bertz CT molecular complexity index is 1510. The van der Waals surface area contributed by atoms with Gasteiger partial charge < -0.3 is 25.3 Å². The van der Waals surface area contributed by atoms with Crippen LogP contribution in [0, 0.1) is 0 Å². The summed E-state index contributed by atoms with van der Waals surface area (Å²) in [5.74, 6) is 0.793. The minimum atomic E-state index is -3.57. The molecule has 2 aliphatic heterocycles. The Kier molecular flexibility index (Phi) is 6.64. The molecule has 10 nitrogen and oxygen atoms in total. The number of anilines is 3. The lowest BCUT2D eigenvalue weighted by Gasteiger charge is -2.27. The maximum absolute atomic E-state index is 12.8. The first-order valence-electron chi connectivity index (χ1n) is 12.8. The summed E-state index contributed by atoms with van der Waals surface area (Å²) >= 11 is 0. The molecule has 0 radical (unpaired) electrons. The van der Waals surface area contributed by atoms with Crippen molar-refractivity contribution in [3.8, 4) is 11.3 Å². The molecule has 1 atom stereocenters. The predicted octanol–water partition coefficient (Wildman–Crippen LogP) is 2.94. The molecule has 0 aliphatic carbocycles. The van der Waals surface area contributed by atoms with Crippen molar-refractivity contribution in [2.75, 3.05) is 53.9 Å². The number of nitrogens with zero attached hydrogens (tertiary/aromatic N) is 4. The number of morpholine rings is 1. The Labute approximate surface area is 221 Å². The number of aromatic amines is 1. The minimum absolute atomic E-state index is 0.0977. The summed E-state index contributed by atoms with van der Waals surface area (Å²) in [5.41, 5.74) is 10.9. The van der Waals surface area contributed by atoms with E-state index in [-0.39, 0.29) is 11.8 Å². The fourth-order valence-electron chi connectivity index (χ4n) is 5.09. The highest BCUT2D eigenvalue weighted by Crippen LogP contribution is 2.30. The molecule has 0 spiro atoms. The van der Waals surface area contributed by atoms with Crippen LogP contribution in [-0.4, -0.2) is 68.8 Å². The van der Waals surface area contributed by atoms with E-state index in [0.29, 0.717) is 18.9 Å². The van der Waals surface area contributed by atoms with E-state index in [1.807, 2.05) is 42.5 Å². The Hall–Kier alpha value is -3.67. The first kappa shape index (κ1) is 24.7. The van der Waals surface area contributed by atoms with E-state index in [4.69, 9.17) is 10.5 Å². The van der Waals surface area contributed by atoms with Gasteiger partial charge in [0.25, 0.3) is 0 Å². The molecular formula is C27H31N7O3S. The molecule has 2 saturated heterocycles. The first-order chi connectivity index (χ1) is 18.4. The predicted molar refractivity (Wildman–Crippen MR) is 150 cm³/mol. The van der Waals surface area contributed by atoms with Crippen LogP contribution in [0.1, 0.15) is 12.0 Å². The van der Waals surface area contributed by atoms with Crippen LogP contribution in [0.2, 0.25) is 0 Å². The zero-order valence-corrected chi connectivity index (χ0v) is 21.8. The fourth-order valence-corrected chi connectivity index (χ4v) is 6.29. The average molecular weight is 534 g/mol. The third-order valence-corrected chi connectivity index (χ3v) is 8.33. The summed E-state index contributed by atoms with van der Waals surface area (Å²) in [6.07, 6.45) is 2.54. The van der Waals surface area contributed by atoms with Gasteiger partial charge in [-0.25, -0.2) is 18.4 Å². The van der Waals surface area contributed by atoms with Crippen molar-refractivity contribution in [2.45, 2.75) is 18.2 Å². The Balaban J connectivity index is 1.13. The second-order valence-electron chi connectivity index (χ2n) is 9.84. The number of benzene rings is 2. The Morgan fingerprint density at radius 2 is 1.76 bits per heavy atom. The maximum atomic E-state index is 12.8. The number of hydrogen-bond donors (Lipinski definition) is 3. The topological polar surface area (TPSA) is 129 Å². The van der Waals surface area contributed by atoms with Crippen molar-refractivity contribution in [3.63, 3.8) is 0 Å². The molecule has 0 saturated carbocycles. The second-order valence-corrected chi connectivity index (χ2v) is 11.6. The van der Waals surface area contributed by atoms with Crippen LogP contribution < -0.4 is 20.3 Å². The van der Waals surface area contributed by atoms with Gasteiger partial charge in [0.05, 0.1) is 24.4 Å². The van der Waals surface area contributed by atoms with Crippen LogP contribution in [0.3, 0.4) is 0 Å². The molecule has 198 valence electrons. The molecule has 4 aromatic rings. The third kappa shape index (κ3) is 5.31. The molecular weight excluding hydrogens is 502 g/mol. The summed E-state index contributed by atoms with van der Waals surface area (Å²) in [4.78, 5) is 16.7. The molecule has 6 rings (SSSR count). The lowest BCUT2D eigenvalue weighted by Crippen LogP contribution is -2.36. The second kappa shape index (κ2) is 10.2.